The largest absolute Gasteiger partial charge is 0.491 e. The van der Waals surface area contributed by atoms with E-state index in [1.54, 1.807) is 0 Å². The molecule has 0 radical (unpaired) electrons. The maximum atomic E-state index is 13.6. The van der Waals surface area contributed by atoms with Gasteiger partial charge < -0.3 is 20.1 Å². The first kappa shape index (κ1) is 14.7. The van der Waals surface area contributed by atoms with Crippen LogP contribution in [-0.2, 0) is 20.9 Å². The third-order valence-corrected chi connectivity index (χ3v) is 3.50. The van der Waals surface area contributed by atoms with Crippen LogP contribution in [0.15, 0.2) is 23.9 Å². The molecule has 2 heterocycles. The zero-order valence-corrected chi connectivity index (χ0v) is 11.4. The first-order valence-corrected chi connectivity index (χ1v) is 6.58. The van der Waals surface area contributed by atoms with Gasteiger partial charge in [0.1, 0.15) is 11.5 Å². The van der Waals surface area contributed by atoms with Gasteiger partial charge in [-0.15, -0.1) is 0 Å². The van der Waals surface area contributed by atoms with Gasteiger partial charge in [-0.3, -0.25) is 14.5 Å². The summed E-state index contributed by atoms with van der Waals surface area (Å²) in [7, 11) is -1.22. The lowest BCUT2D eigenvalue weighted by Crippen LogP contribution is -2.34. The Balaban J connectivity index is 1.89. The third-order valence-electron chi connectivity index (χ3n) is 3.50. The molecule has 7 nitrogen and oxygen atoms in total. The first-order chi connectivity index (χ1) is 10.5. The van der Waals surface area contributed by atoms with Crippen molar-refractivity contribution < 1.29 is 28.8 Å². The quantitative estimate of drug-likeness (QED) is 0.472. The molecule has 0 fully saturated rings. The number of carbonyl (C=O) groups is 2. The maximum absolute atomic E-state index is 13.6. The van der Waals surface area contributed by atoms with Crippen molar-refractivity contribution in [1.82, 2.24) is 4.90 Å². The van der Waals surface area contributed by atoms with Gasteiger partial charge in [0.15, 0.2) is 0 Å². The highest BCUT2D eigenvalue weighted by molar-refractivity contribution is 6.61. The average Bonchev–Trinajstić information content (AvgIpc) is 2.95. The number of halogens is 1. The van der Waals surface area contributed by atoms with Crippen molar-refractivity contribution in [3.63, 3.8) is 0 Å². The second kappa shape index (κ2) is 5.52. The Morgan fingerprint density at radius 2 is 2.18 bits per heavy atom. The van der Waals surface area contributed by atoms with Gasteiger partial charge >= 0.3 is 7.12 Å². The van der Waals surface area contributed by atoms with Crippen LogP contribution in [0, 0.1) is 5.82 Å². The lowest BCUT2D eigenvalue weighted by Gasteiger charge is -2.14. The van der Waals surface area contributed by atoms with Crippen LogP contribution in [0.25, 0.3) is 0 Å². The summed E-state index contributed by atoms with van der Waals surface area (Å²) in [6.45, 7) is -0.384. The highest BCUT2D eigenvalue weighted by Crippen LogP contribution is 2.24. The van der Waals surface area contributed by atoms with E-state index < -0.39 is 24.7 Å². The Labute approximate surface area is 125 Å². The first-order valence-electron chi connectivity index (χ1n) is 6.58. The Hall–Kier alpha value is -2.23. The van der Waals surface area contributed by atoms with Crippen molar-refractivity contribution in [2.45, 2.75) is 6.61 Å². The van der Waals surface area contributed by atoms with E-state index in [2.05, 4.69) is 5.32 Å². The van der Waals surface area contributed by atoms with Crippen molar-refractivity contribution in [1.29, 1.82) is 0 Å². The van der Waals surface area contributed by atoms with E-state index in [-0.39, 0.29) is 36.6 Å². The molecule has 0 aromatic heterocycles. The van der Waals surface area contributed by atoms with E-state index in [0.29, 0.717) is 5.56 Å². The molecule has 0 saturated carbocycles. The molecule has 9 heteroatoms. The second-order valence-electron chi connectivity index (χ2n) is 4.89. The molecular formula is C13H12BFN2O5. The highest BCUT2D eigenvalue weighted by Gasteiger charge is 2.34. The fourth-order valence-electron chi connectivity index (χ4n) is 2.46. The summed E-state index contributed by atoms with van der Waals surface area (Å²) in [5.74, 6) is -1.75. The average molecular weight is 306 g/mol. The summed E-state index contributed by atoms with van der Waals surface area (Å²) in [4.78, 5) is 24.6. The monoisotopic (exact) mass is 306 g/mol. The number of carbonyl (C=O) groups excluding carboxylic acids is 2. The molecule has 2 aliphatic heterocycles. The van der Waals surface area contributed by atoms with E-state index in [4.69, 9.17) is 9.76 Å². The number of β-amino-alcohol motifs (C(OH)–C–C–N with tert-alkyl or cyclic N) is 1. The molecule has 3 rings (SSSR count). The van der Waals surface area contributed by atoms with Gasteiger partial charge in [0.2, 0.25) is 0 Å². The Bertz CT molecular complexity index is 693. The molecular weight excluding hydrogens is 294 g/mol. The van der Waals surface area contributed by atoms with Crippen LogP contribution >= 0.6 is 0 Å². The summed E-state index contributed by atoms with van der Waals surface area (Å²) in [6, 6.07) is 2.32. The number of nitrogens with one attached hydrogen (secondary N) is 1. The van der Waals surface area contributed by atoms with E-state index >= 15 is 0 Å². The predicted molar refractivity (Wildman–Crippen MR) is 74.3 cm³/mol. The topological polar surface area (TPSA) is 99.1 Å². The van der Waals surface area contributed by atoms with Crippen LogP contribution in [-0.4, -0.2) is 47.1 Å². The molecule has 0 unspecified atom stereocenters. The molecule has 114 valence electrons. The van der Waals surface area contributed by atoms with Crippen LogP contribution in [0.2, 0.25) is 0 Å². The molecule has 0 bridgehead atoms. The Morgan fingerprint density at radius 3 is 2.91 bits per heavy atom. The summed E-state index contributed by atoms with van der Waals surface area (Å²) in [5.41, 5.74) is 1.04. The number of hydrogen-bond donors (Lipinski definition) is 3. The lowest BCUT2D eigenvalue weighted by molar-refractivity contribution is -0.137. The predicted octanol–water partition coefficient (Wildman–Crippen LogP) is -1.30. The zero-order chi connectivity index (χ0) is 15.9. The van der Waals surface area contributed by atoms with Gasteiger partial charge in [0.05, 0.1) is 19.8 Å². The van der Waals surface area contributed by atoms with E-state index in [0.717, 1.165) is 23.1 Å². The SMILES string of the molecule is O=C1C=C(Nc2cc(F)cc3c2COB3O)C(=O)N1CCO. The minimum atomic E-state index is -1.22. The number of rotatable bonds is 4. The highest BCUT2D eigenvalue weighted by atomic mass is 19.1. The van der Waals surface area contributed by atoms with E-state index in [1.807, 2.05) is 0 Å². The van der Waals surface area contributed by atoms with Gasteiger partial charge in [0.25, 0.3) is 11.8 Å². The van der Waals surface area contributed by atoms with Gasteiger partial charge in [-0.25, -0.2) is 4.39 Å². The molecule has 3 N–H and O–H groups in total. The fourth-order valence-corrected chi connectivity index (χ4v) is 2.46. The molecule has 1 aromatic rings. The summed E-state index contributed by atoms with van der Waals surface area (Å²) < 4.78 is 18.6. The lowest BCUT2D eigenvalue weighted by atomic mass is 9.79. The number of fused-ring (bicyclic) bond motifs is 1. The Morgan fingerprint density at radius 1 is 1.41 bits per heavy atom. The molecule has 0 aliphatic carbocycles. The number of amides is 2. The third kappa shape index (κ3) is 2.39. The van der Waals surface area contributed by atoms with Crippen LogP contribution in [0.5, 0.6) is 0 Å². The molecule has 1 aromatic carbocycles. The summed E-state index contributed by atoms with van der Waals surface area (Å²) in [6.07, 6.45) is 1.08. The van der Waals surface area contributed by atoms with E-state index in [9.17, 15) is 19.0 Å². The number of hydrogen-bond acceptors (Lipinski definition) is 6. The zero-order valence-electron chi connectivity index (χ0n) is 11.4. The number of benzene rings is 1. The second-order valence-corrected chi connectivity index (χ2v) is 4.89. The summed E-state index contributed by atoms with van der Waals surface area (Å²) >= 11 is 0. The van der Waals surface area contributed by atoms with Crippen molar-refractivity contribution in [3.8, 4) is 0 Å². The standard InChI is InChI=1S/C13H12BFN2O5/c15-7-3-9-8(6-22-14(9)21)10(4-7)16-11-5-12(19)17(1-2-18)13(11)20/h3-5,16,18,21H,1-2,6H2. The molecule has 22 heavy (non-hydrogen) atoms. The van der Waals surface area contributed by atoms with Crippen molar-refractivity contribution in [2.24, 2.45) is 0 Å². The summed E-state index contributed by atoms with van der Waals surface area (Å²) in [5, 5.41) is 21.2. The normalized spacial score (nSPS) is 17.1. The molecule has 2 amide bonds. The number of aliphatic hydroxyl groups excluding tert-OH is 1. The molecule has 0 atom stereocenters. The fraction of sp³-hybridized carbons (Fsp3) is 0.231. The minimum absolute atomic E-state index is 0.0207. The molecule has 0 saturated heterocycles. The number of nitrogens with zero attached hydrogens (tertiary/aromatic N) is 1. The van der Waals surface area contributed by atoms with Crippen molar-refractivity contribution in [2.75, 3.05) is 18.5 Å². The van der Waals surface area contributed by atoms with Crippen molar-refractivity contribution >= 4 is 30.1 Å². The minimum Gasteiger partial charge on any atom is -0.423 e. The van der Waals surface area contributed by atoms with Gasteiger partial charge in [-0.2, -0.15) is 0 Å². The molecule has 0 spiro atoms. The van der Waals surface area contributed by atoms with Gasteiger partial charge in [-0.05, 0) is 23.2 Å². The van der Waals surface area contributed by atoms with Crippen molar-refractivity contribution in [3.05, 3.63) is 35.3 Å². The number of anilines is 1. The van der Waals surface area contributed by atoms with E-state index in [1.165, 1.54) is 0 Å². The van der Waals surface area contributed by atoms with Gasteiger partial charge in [0, 0.05) is 11.8 Å². The Kier molecular flexibility index (Phi) is 3.69. The van der Waals surface area contributed by atoms with Crippen LogP contribution in [0.4, 0.5) is 10.1 Å². The number of aliphatic hydroxyl groups is 1. The molecule has 2 aliphatic rings. The number of imide groups is 1. The van der Waals surface area contributed by atoms with Crippen LogP contribution in [0.1, 0.15) is 5.56 Å². The van der Waals surface area contributed by atoms with Gasteiger partial charge in [-0.1, -0.05) is 0 Å². The van der Waals surface area contributed by atoms with Crippen LogP contribution < -0.4 is 10.8 Å². The smallest absolute Gasteiger partial charge is 0.423 e. The van der Waals surface area contributed by atoms with Crippen LogP contribution in [0.3, 0.4) is 0 Å². The maximum Gasteiger partial charge on any atom is 0.491 e.